The van der Waals surface area contributed by atoms with Crippen LogP contribution in [0.4, 0.5) is 0 Å². The maximum absolute atomic E-state index is 12.3. The number of pyridine rings is 1. The number of amides is 1. The van der Waals surface area contributed by atoms with Gasteiger partial charge in [-0.3, -0.25) is 9.89 Å². The monoisotopic (exact) mass is 495 g/mol. The van der Waals surface area contributed by atoms with Gasteiger partial charge in [-0.15, -0.1) is 0 Å². The molecule has 1 aliphatic carbocycles. The zero-order chi connectivity index (χ0) is 24.8. The molecule has 188 valence electrons. The summed E-state index contributed by atoms with van der Waals surface area (Å²) in [6, 6.07) is 15.6. The Kier molecular flexibility index (Phi) is 5.63. The number of aromatic nitrogens is 3. The molecule has 4 aromatic rings. The van der Waals surface area contributed by atoms with Gasteiger partial charge in [0.25, 0.3) is 5.91 Å². The average molecular weight is 496 g/mol. The number of fused-ring (bicyclic) bond motifs is 3. The van der Waals surface area contributed by atoms with Crippen molar-refractivity contribution in [2.75, 3.05) is 26.4 Å². The van der Waals surface area contributed by atoms with Crippen LogP contribution in [-0.2, 0) is 17.6 Å². The van der Waals surface area contributed by atoms with Crippen molar-refractivity contribution in [1.29, 1.82) is 0 Å². The fourth-order valence-electron chi connectivity index (χ4n) is 5.75. The van der Waals surface area contributed by atoms with Crippen LogP contribution in [0.2, 0.25) is 0 Å². The summed E-state index contributed by atoms with van der Waals surface area (Å²) in [4.78, 5) is 16.9. The highest BCUT2D eigenvalue weighted by Gasteiger charge is 2.24. The van der Waals surface area contributed by atoms with Gasteiger partial charge < -0.3 is 20.1 Å². The van der Waals surface area contributed by atoms with E-state index in [1.165, 1.54) is 11.1 Å². The first-order chi connectivity index (χ1) is 18.2. The van der Waals surface area contributed by atoms with E-state index in [0.29, 0.717) is 36.5 Å². The van der Waals surface area contributed by atoms with Crippen molar-refractivity contribution in [3.63, 3.8) is 0 Å². The molecular weight excluding hydrogens is 466 g/mol. The topological polar surface area (TPSA) is 101 Å². The number of carbonyl (C=O) groups excluding carboxylic acids is 1. The quantitative estimate of drug-likeness (QED) is 0.400. The Morgan fingerprint density at radius 1 is 0.946 bits per heavy atom. The lowest BCUT2D eigenvalue weighted by atomic mass is 9.86. The second-order valence-electron chi connectivity index (χ2n) is 10.2. The Morgan fingerprint density at radius 3 is 2.81 bits per heavy atom. The summed E-state index contributed by atoms with van der Waals surface area (Å²) in [6.45, 7) is 2.65. The molecule has 2 aromatic carbocycles. The van der Waals surface area contributed by atoms with E-state index in [1.54, 1.807) is 6.07 Å². The summed E-state index contributed by atoms with van der Waals surface area (Å²) in [6.07, 6.45) is 6.30. The second-order valence-corrected chi connectivity index (χ2v) is 10.2. The third kappa shape index (κ3) is 4.26. The number of rotatable bonds is 4. The van der Waals surface area contributed by atoms with Gasteiger partial charge in [0.05, 0.1) is 18.7 Å². The van der Waals surface area contributed by atoms with Gasteiger partial charge in [-0.25, -0.2) is 4.98 Å². The molecule has 0 bridgehead atoms. The van der Waals surface area contributed by atoms with Gasteiger partial charge in [0, 0.05) is 41.4 Å². The van der Waals surface area contributed by atoms with Crippen molar-refractivity contribution >= 4 is 16.9 Å². The first kappa shape index (κ1) is 22.4. The first-order valence-electron chi connectivity index (χ1n) is 13.1. The van der Waals surface area contributed by atoms with Gasteiger partial charge in [0.2, 0.25) is 0 Å². The highest BCUT2D eigenvalue weighted by Crippen LogP contribution is 2.34. The summed E-state index contributed by atoms with van der Waals surface area (Å²) in [5, 5.41) is 15.2. The van der Waals surface area contributed by atoms with Crippen molar-refractivity contribution in [1.82, 2.24) is 25.8 Å². The number of hydrogen-bond acceptors (Lipinski definition) is 6. The van der Waals surface area contributed by atoms with E-state index < -0.39 is 0 Å². The van der Waals surface area contributed by atoms with E-state index in [4.69, 9.17) is 9.47 Å². The van der Waals surface area contributed by atoms with Crippen LogP contribution in [0.5, 0.6) is 5.75 Å². The third-order valence-electron chi connectivity index (χ3n) is 7.73. The van der Waals surface area contributed by atoms with Gasteiger partial charge in [-0.2, -0.15) is 5.10 Å². The van der Waals surface area contributed by atoms with E-state index >= 15 is 0 Å². The maximum atomic E-state index is 12.3. The van der Waals surface area contributed by atoms with Crippen LogP contribution in [-0.4, -0.2) is 59.5 Å². The molecule has 8 nitrogen and oxygen atoms in total. The molecule has 3 aliphatic rings. The lowest BCUT2D eigenvalue weighted by Crippen LogP contribution is -2.41. The Balaban J connectivity index is 1.17. The molecule has 37 heavy (non-hydrogen) atoms. The van der Waals surface area contributed by atoms with Crippen molar-refractivity contribution in [3.05, 3.63) is 65.4 Å². The SMILES string of the molecule is O=C1NCCOc2cc(-c3n[nH]c4ncc(-c5ccc6c(c5)CCC(N[C@H]5CCOC5)C6)cc34)ccc21. The van der Waals surface area contributed by atoms with Crippen LogP contribution < -0.4 is 15.4 Å². The molecule has 3 N–H and O–H groups in total. The number of ether oxygens (including phenoxy) is 2. The fraction of sp³-hybridized carbons (Fsp3) is 0.345. The number of aromatic amines is 1. The number of carbonyl (C=O) groups is 1. The van der Waals surface area contributed by atoms with Crippen LogP contribution in [0, 0.1) is 0 Å². The summed E-state index contributed by atoms with van der Waals surface area (Å²) in [5.74, 6) is 0.465. The van der Waals surface area contributed by atoms with Crippen molar-refractivity contribution in [3.8, 4) is 28.1 Å². The molecule has 8 heteroatoms. The normalized spacial score (nSPS) is 21.1. The lowest BCUT2D eigenvalue weighted by Gasteiger charge is -2.28. The minimum atomic E-state index is -0.114. The minimum Gasteiger partial charge on any atom is -0.491 e. The van der Waals surface area contributed by atoms with Crippen LogP contribution in [0.3, 0.4) is 0 Å². The van der Waals surface area contributed by atoms with Crippen LogP contribution in [0.1, 0.15) is 34.3 Å². The van der Waals surface area contributed by atoms with E-state index in [1.807, 2.05) is 18.3 Å². The van der Waals surface area contributed by atoms with Crippen LogP contribution in [0.15, 0.2) is 48.7 Å². The highest BCUT2D eigenvalue weighted by atomic mass is 16.5. The number of nitrogens with one attached hydrogen (secondary N) is 3. The molecular formula is C29H29N5O3. The smallest absolute Gasteiger partial charge is 0.255 e. The van der Waals surface area contributed by atoms with Gasteiger partial charge >= 0.3 is 0 Å². The third-order valence-corrected chi connectivity index (χ3v) is 7.73. The molecule has 1 saturated heterocycles. The van der Waals surface area contributed by atoms with Crippen LogP contribution >= 0.6 is 0 Å². The second kappa shape index (κ2) is 9.28. The summed E-state index contributed by atoms with van der Waals surface area (Å²) >= 11 is 0. The van der Waals surface area contributed by atoms with E-state index in [0.717, 1.165) is 72.3 Å². The van der Waals surface area contributed by atoms with E-state index in [-0.39, 0.29) is 5.91 Å². The molecule has 7 rings (SSSR count). The van der Waals surface area contributed by atoms with Gasteiger partial charge in [-0.1, -0.05) is 24.3 Å². The molecule has 4 heterocycles. The van der Waals surface area contributed by atoms with E-state index in [9.17, 15) is 4.79 Å². The number of aryl methyl sites for hydroxylation is 1. The average Bonchev–Trinajstić information content (AvgIpc) is 3.56. The molecule has 0 spiro atoms. The summed E-state index contributed by atoms with van der Waals surface area (Å²) in [5.41, 5.74) is 8.03. The number of benzene rings is 2. The molecule has 2 atom stereocenters. The largest absolute Gasteiger partial charge is 0.491 e. The predicted octanol–water partition coefficient (Wildman–Crippen LogP) is 3.65. The predicted molar refractivity (Wildman–Crippen MR) is 141 cm³/mol. The van der Waals surface area contributed by atoms with Gasteiger partial charge in [-0.05, 0) is 60.6 Å². The molecule has 1 unspecified atom stereocenters. The maximum Gasteiger partial charge on any atom is 0.255 e. The van der Waals surface area contributed by atoms with E-state index in [2.05, 4.69) is 50.1 Å². The standard InChI is InChI=1S/C29H29N5O3/c35-29-24-6-4-20(14-26(24)37-10-8-30-29)27-25-13-21(15-31-28(25)34-33-27)18-1-2-19-12-22(5-3-17(19)11-18)32-23-7-9-36-16-23/h1-2,4,6,11,13-15,22-23,32H,3,5,7-10,12,16H2,(H,30,35)(H,31,33,34)/t22?,23-/m0/s1. The minimum absolute atomic E-state index is 0.114. The molecule has 2 aromatic heterocycles. The molecule has 2 aliphatic heterocycles. The van der Waals surface area contributed by atoms with Crippen LogP contribution in [0.25, 0.3) is 33.4 Å². The fourth-order valence-corrected chi connectivity index (χ4v) is 5.75. The highest BCUT2D eigenvalue weighted by molar-refractivity contribution is 5.99. The number of hydrogen-bond donors (Lipinski definition) is 3. The lowest BCUT2D eigenvalue weighted by molar-refractivity contribution is 0.0957. The van der Waals surface area contributed by atoms with Gasteiger partial charge in [0.15, 0.2) is 5.65 Å². The molecule has 1 amide bonds. The number of nitrogens with zero attached hydrogens (tertiary/aromatic N) is 2. The first-order valence-corrected chi connectivity index (χ1v) is 13.1. The zero-order valence-electron chi connectivity index (χ0n) is 20.5. The molecule has 0 saturated carbocycles. The van der Waals surface area contributed by atoms with Crippen molar-refractivity contribution in [2.24, 2.45) is 0 Å². The number of H-pyrrole nitrogens is 1. The van der Waals surface area contributed by atoms with Crippen molar-refractivity contribution < 1.29 is 14.3 Å². The Hall–Kier alpha value is -3.75. The van der Waals surface area contributed by atoms with Crippen molar-refractivity contribution in [2.45, 2.75) is 37.8 Å². The zero-order valence-corrected chi connectivity index (χ0v) is 20.5. The summed E-state index contributed by atoms with van der Waals surface area (Å²) in [7, 11) is 0. The molecule has 1 fully saturated rings. The Labute approximate surface area is 214 Å². The summed E-state index contributed by atoms with van der Waals surface area (Å²) < 4.78 is 11.3. The molecule has 0 radical (unpaired) electrons. The Morgan fingerprint density at radius 2 is 1.89 bits per heavy atom. The van der Waals surface area contributed by atoms with Gasteiger partial charge in [0.1, 0.15) is 18.1 Å². The Bertz CT molecular complexity index is 1490.